The van der Waals surface area contributed by atoms with Gasteiger partial charge < -0.3 is 15.5 Å². The smallest absolute Gasteiger partial charge is 0.317 e. The van der Waals surface area contributed by atoms with Crippen molar-refractivity contribution < 1.29 is 9.59 Å². The van der Waals surface area contributed by atoms with Gasteiger partial charge >= 0.3 is 6.03 Å². The van der Waals surface area contributed by atoms with E-state index in [1.807, 2.05) is 58.0 Å². The van der Waals surface area contributed by atoms with Gasteiger partial charge in [0, 0.05) is 18.8 Å². The lowest BCUT2D eigenvalue weighted by molar-refractivity contribution is -0.116. The number of hydrogen-bond acceptors (Lipinski definition) is 2. The summed E-state index contributed by atoms with van der Waals surface area (Å²) in [5.41, 5.74) is 5.27. The fourth-order valence-corrected chi connectivity index (χ4v) is 3.26. The number of likely N-dealkylation sites (N-methyl/N-ethyl adjacent to an activating group) is 1. The molecule has 150 valence electrons. The summed E-state index contributed by atoms with van der Waals surface area (Å²) < 4.78 is 0. The monoisotopic (exact) mass is 381 g/mol. The lowest BCUT2D eigenvalue weighted by Gasteiger charge is -2.21. The molecule has 0 aliphatic rings. The number of benzene rings is 2. The maximum absolute atomic E-state index is 12.4. The van der Waals surface area contributed by atoms with Crippen molar-refractivity contribution in [3.8, 4) is 0 Å². The van der Waals surface area contributed by atoms with E-state index in [2.05, 4.69) is 22.8 Å². The standard InChI is InChI=1S/C23H31N3O2/c1-16-13-17(2)22(18(3)14-16)25-21(27)15-26(5)23(28)24-19(4)11-12-20-9-7-6-8-10-20/h6-10,13-14,19H,11-12,15H2,1-5H3,(H,24,28)(H,25,27). The topological polar surface area (TPSA) is 61.4 Å². The Bertz CT molecular complexity index is 795. The van der Waals surface area contributed by atoms with Crippen LogP contribution in [0, 0.1) is 20.8 Å². The minimum absolute atomic E-state index is 0.00396. The maximum atomic E-state index is 12.4. The normalized spacial score (nSPS) is 11.6. The number of nitrogens with zero attached hydrogens (tertiary/aromatic N) is 1. The quantitative estimate of drug-likeness (QED) is 0.755. The van der Waals surface area contributed by atoms with Crippen molar-refractivity contribution in [2.24, 2.45) is 0 Å². The molecule has 0 aromatic heterocycles. The Morgan fingerprint density at radius 3 is 2.25 bits per heavy atom. The molecule has 0 bridgehead atoms. The molecule has 5 nitrogen and oxygen atoms in total. The second-order valence-corrected chi connectivity index (χ2v) is 7.55. The van der Waals surface area contributed by atoms with Crippen LogP contribution >= 0.6 is 0 Å². The number of nitrogens with one attached hydrogen (secondary N) is 2. The summed E-state index contributed by atoms with van der Waals surface area (Å²) >= 11 is 0. The zero-order valence-corrected chi connectivity index (χ0v) is 17.5. The van der Waals surface area contributed by atoms with Gasteiger partial charge in [0.25, 0.3) is 0 Å². The number of aryl methyl sites for hydroxylation is 4. The number of carbonyl (C=O) groups is 2. The van der Waals surface area contributed by atoms with Gasteiger partial charge in [0.1, 0.15) is 6.54 Å². The highest BCUT2D eigenvalue weighted by Crippen LogP contribution is 2.21. The summed E-state index contributed by atoms with van der Waals surface area (Å²) in [4.78, 5) is 26.2. The van der Waals surface area contributed by atoms with E-state index in [-0.39, 0.29) is 24.5 Å². The molecule has 2 rings (SSSR count). The van der Waals surface area contributed by atoms with Crippen LogP contribution in [-0.2, 0) is 11.2 Å². The van der Waals surface area contributed by atoms with Gasteiger partial charge in [0.2, 0.25) is 5.91 Å². The third-order valence-corrected chi connectivity index (χ3v) is 4.75. The number of anilines is 1. The van der Waals surface area contributed by atoms with E-state index in [0.717, 1.165) is 35.2 Å². The van der Waals surface area contributed by atoms with Crippen molar-refractivity contribution in [2.45, 2.75) is 46.6 Å². The molecule has 0 saturated heterocycles. The van der Waals surface area contributed by atoms with Gasteiger partial charge in [-0.1, -0.05) is 48.0 Å². The largest absolute Gasteiger partial charge is 0.336 e. The van der Waals surface area contributed by atoms with Crippen molar-refractivity contribution in [3.63, 3.8) is 0 Å². The highest BCUT2D eigenvalue weighted by molar-refractivity contribution is 5.95. The molecule has 0 spiro atoms. The Morgan fingerprint density at radius 1 is 1.04 bits per heavy atom. The lowest BCUT2D eigenvalue weighted by atomic mass is 10.1. The van der Waals surface area contributed by atoms with Crippen LogP contribution in [0.3, 0.4) is 0 Å². The molecular weight excluding hydrogens is 350 g/mol. The molecule has 2 N–H and O–H groups in total. The second-order valence-electron chi connectivity index (χ2n) is 7.55. The average Bonchev–Trinajstić information content (AvgIpc) is 2.63. The Hall–Kier alpha value is -2.82. The average molecular weight is 382 g/mol. The molecule has 0 heterocycles. The maximum Gasteiger partial charge on any atom is 0.317 e. The molecule has 2 aromatic rings. The van der Waals surface area contributed by atoms with E-state index in [1.54, 1.807) is 7.05 Å². The predicted molar refractivity (Wildman–Crippen MR) is 115 cm³/mol. The molecule has 28 heavy (non-hydrogen) atoms. The van der Waals surface area contributed by atoms with Crippen molar-refractivity contribution in [1.82, 2.24) is 10.2 Å². The van der Waals surface area contributed by atoms with Crippen molar-refractivity contribution >= 4 is 17.6 Å². The summed E-state index contributed by atoms with van der Waals surface area (Å²) in [6.45, 7) is 7.96. The van der Waals surface area contributed by atoms with Crippen LogP contribution in [-0.4, -0.2) is 36.5 Å². The van der Waals surface area contributed by atoms with Gasteiger partial charge in [-0.05, 0) is 57.2 Å². The fraction of sp³-hybridized carbons (Fsp3) is 0.391. The van der Waals surface area contributed by atoms with E-state index in [9.17, 15) is 9.59 Å². The van der Waals surface area contributed by atoms with Crippen LogP contribution in [0.4, 0.5) is 10.5 Å². The van der Waals surface area contributed by atoms with Crippen LogP contribution < -0.4 is 10.6 Å². The molecule has 1 unspecified atom stereocenters. The van der Waals surface area contributed by atoms with Crippen molar-refractivity contribution in [3.05, 3.63) is 64.7 Å². The zero-order valence-electron chi connectivity index (χ0n) is 17.5. The number of hydrogen-bond donors (Lipinski definition) is 2. The Morgan fingerprint density at radius 2 is 1.64 bits per heavy atom. The number of amides is 3. The lowest BCUT2D eigenvalue weighted by Crippen LogP contribution is -2.45. The minimum Gasteiger partial charge on any atom is -0.336 e. The summed E-state index contributed by atoms with van der Waals surface area (Å²) in [5.74, 6) is -0.204. The molecule has 0 aliphatic carbocycles. The molecule has 2 aromatic carbocycles. The number of carbonyl (C=O) groups excluding carboxylic acids is 2. The molecule has 0 radical (unpaired) electrons. The molecule has 3 amide bonds. The first-order valence-corrected chi connectivity index (χ1v) is 9.69. The van der Waals surface area contributed by atoms with Crippen molar-refractivity contribution in [1.29, 1.82) is 0 Å². The second kappa shape index (κ2) is 9.93. The molecule has 1 atom stereocenters. The van der Waals surface area contributed by atoms with E-state index in [4.69, 9.17) is 0 Å². The van der Waals surface area contributed by atoms with Gasteiger partial charge in [-0.25, -0.2) is 4.79 Å². The summed E-state index contributed by atoms with van der Waals surface area (Å²) in [5, 5.41) is 5.89. The third kappa shape index (κ3) is 6.41. The van der Waals surface area contributed by atoms with Crippen LogP contribution in [0.1, 0.15) is 35.6 Å². The fourth-order valence-electron chi connectivity index (χ4n) is 3.26. The first kappa shape index (κ1) is 21.5. The van der Waals surface area contributed by atoms with Gasteiger partial charge in [0.15, 0.2) is 0 Å². The van der Waals surface area contributed by atoms with Crippen LogP contribution in [0.15, 0.2) is 42.5 Å². The zero-order chi connectivity index (χ0) is 20.7. The van der Waals surface area contributed by atoms with E-state index < -0.39 is 0 Å². The Balaban J connectivity index is 1.82. The number of rotatable bonds is 7. The first-order chi connectivity index (χ1) is 13.3. The van der Waals surface area contributed by atoms with E-state index >= 15 is 0 Å². The number of urea groups is 1. The highest BCUT2D eigenvalue weighted by Gasteiger charge is 2.16. The summed E-state index contributed by atoms with van der Waals surface area (Å²) in [7, 11) is 1.63. The van der Waals surface area contributed by atoms with Crippen molar-refractivity contribution in [2.75, 3.05) is 18.9 Å². The minimum atomic E-state index is -0.243. The molecule has 0 saturated carbocycles. The Kier molecular flexibility index (Phi) is 7.61. The predicted octanol–water partition coefficient (Wildman–Crippen LogP) is 4.21. The third-order valence-electron chi connectivity index (χ3n) is 4.75. The summed E-state index contributed by atoms with van der Waals surface area (Å²) in [6, 6.07) is 14.0. The van der Waals surface area contributed by atoms with Crippen LogP contribution in [0.5, 0.6) is 0 Å². The van der Waals surface area contributed by atoms with Crippen LogP contribution in [0.2, 0.25) is 0 Å². The highest BCUT2D eigenvalue weighted by atomic mass is 16.2. The van der Waals surface area contributed by atoms with E-state index in [0.29, 0.717) is 0 Å². The van der Waals surface area contributed by atoms with Gasteiger partial charge in [-0.15, -0.1) is 0 Å². The van der Waals surface area contributed by atoms with Gasteiger partial charge in [0.05, 0.1) is 0 Å². The summed E-state index contributed by atoms with van der Waals surface area (Å²) in [6.07, 6.45) is 1.75. The first-order valence-electron chi connectivity index (χ1n) is 9.69. The SMILES string of the molecule is Cc1cc(C)c(NC(=O)CN(C)C(=O)NC(C)CCc2ccccc2)c(C)c1. The van der Waals surface area contributed by atoms with Gasteiger partial charge in [-0.2, -0.15) is 0 Å². The Labute approximate surface area is 168 Å². The molecule has 0 aliphatic heterocycles. The van der Waals surface area contributed by atoms with Gasteiger partial charge in [-0.3, -0.25) is 4.79 Å². The molecule has 5 heteroatoms. The molecule has 0 fully saturated rings. The van der Waals surface area contributed by atoms with E-state index in [1.165, 1.54) is 10.5 Å². The van der Waals surface area contributed by atoms with Crippen LogP contribution in [0.25, 0.3) is 0 Å². The molecular formula is C23H31N3O2.